The van der Waals surface area contributed by atoms with E-state index in [0.717, 1.165) is 41.7 Å². The van der Waals surface area contributed by atoms with Crippen LogP contribution >= 0.6 is 11.3 Å². The first-order valence-electron chi connectivity index (χ1n) is 10.4. The number of likely N-dealkylation sites (tertiary alicyclic amines) is 1. The van der Waals surface area contributed by atoms with Gasteiger partial charge in [-0.3, -0.25) is 0 Å². The lowest BCUT2D eigenvalue weighted by Gasteiger charge is -2.23. The van der Waals surface area contributed by atoms with E-state index in [1.807, 2.05) is 39.0 Å². The van der Waals surface area contributed by atoms with Crippen LogP contribution in [-0.2, 0) is 11.3 Å². The van der Waals surface area contributed by atoms with Crippen molar-refractivity contribution >= 4 is 23.4 Å². The Morgan fingerprint density at radius 3 is 2.80 bits per heavy atom. The van der Waals surface area contributed by atoms with E-state index in [1.54, 1.807) is 11.3 Å². The third kappa shape index (κ3) is 6.45. The lowest BCUT2D eigenvalue weighted by Crippen LogP contribution is -2.44. The molecular weight excluding hydrogens is 398 g/mol. The van der Waals surface area contributed by atoms with E-state index in [1.165, 1.54) is 0 Å². The molecule has 1 aliphatic heterocycles. The van der Waals surface area contributed by atoms with Crippen LogP contribution in [0, 0.1) is 0 Å². The average molecular weight is 430 g/mol. The predicted molar refractivity (Wildman–Crippen MR) is 122 cm³/mol. The van der Waals surface area contributed by atoms with Crippen LogP contribution in [0.1, 0.15) is 39.8 Å². The van der Waals surface area contributed by atoms with Crippen molar-refractivity contribution in [2.75, 3.05) is 19.6 Å². The zero-order chi connectivity index (χ0) is 21.6. The van der Waals surface area contributed by atoms with Crippen LogP contribution in [0.25, 0.3) is 10.6 Å². The SMILES string of the molecule is CCNC(=NCc1csc(-c2ccccc2)n1)N1CCC(NC(=O)OC(C)(C)C)C1. The van der Waals surface area contributed by atoms with E-state index in [0.29, 0.717) is 13.1 Å². The third-order valence-corrected chi connectivity index (χ3v) is 5.45. The second-order valence-corrected chi connectivity index (χ2v) is 9.12. The molecule has 1 aromatic heterocycles. The first kappa shape index (κ1) is 22.1. The Balaban J connectivity index is 1.59. The van der Waals surface area contributed by atoms with Crippen LogP contribution in [0.4, 0.5) is 4.79 Å². The fourth-order valence-electron chi connectivity index (χ4n) is 3.22. The van der Waals surface area contributed by atoms with Gasteiger partial charge in [0.1, 0.15) is 10.6 Å². The minimum atomic E-state index is -0.495. The molecule has 1 aliphatic rings. The van der Waals surface area contributed by atoms with Gasteiger partial charge in [-0.1, -0.05) is 30.3 Å². The second kappa shape index (κ2) is 9.93. The topological polar surface area (TPSA) is 78.9 Å². The maximum Gasteiger partial charge on any atom is 0.407 e. The number of nitrogens with zero attached hydrogens (tertiary/aromatic N) is 3. The minimum Gasteiger partial charge on any atom is -0.444 e. The van der Waals surface area contributed by atoms with Crippen LogP contribution in [0.3, 0.4) is 0 Å². The number of ether oxygens (including phenoxy) is 1. The van der Waals surface area contributed by atoms with Gasteiger partial charge in [0.15, 0.2) is 5.96 Å². The Morgan fingerprint density at radius 2 is 2.10 bits per heavy atom. The van der Waals surface area contributed by atoms with Crippen molar-refractivity contribution in [3.05, 3.63) is 41.4 Å². The number of carbonyl (C=O) groups excluding carboxylic acids is 1. The van der Waals surface area contributed by atoms with Crippen molar-refractivity contribution < 1.29 is 9.53 Å². The molecule has 1 amide bonds. The fourth-order valence-corrected chi connectivity index (χ4v) is 4.04. The number of amides is 1. The van der Waals surface area contributed by atoms with Gasteiger partial charge < -0.3 is 20.3 Å². The molecule has 1 fully saturated rings. The van der Waals surface area contributed by atoms with Crippen molar-refractivity contribution in [3.63, 3.8) is 0 Å². The standard InChI is InChI=1S/C22H31N5O2S/c1-5-23-20(27-12-11-17(14-27)26-21(28)29-22(2,3)4)24-13-18-15-30-19(25-18)16-9-7-6-8-10-16/h6-10,15,17H,5,11-14H2,1-4H3,(H,23,24)(H,26,28). The molecule has 1 unspecified atom stereocenters. The first-order valence-corrected chi connectivity index (χ1v) is 11.2. The molecule has 0 spiro atoms. The number of aromatic nitrogens is 1. The van der Waals surface area contributed by atoms with Gasteiger partial charge in [0, 0.05) is 30.6 Å². The summed E-state index contributed by atoms with van der Waals surface area (Å²) >= 11 is 1.64. The zero-order valence-electron chi connectivity index (χ0n) is 18.1. The van der Waals surface area contributed by atoms with Gasteiger partial charge in [-0.2, -0.15) is 0 Å². The quantitative estimate of drug-likeness (QED) is 0.557. The highest BCUT2D eigenvalue weighted by atomic mass is 32.1. The Morgan fingerprint density at radius 1 is 1.33 bits per heavy atom. The van der Waals surface area contributed by atoms with Crippen LogP contribution in [0.15, 0.2) is 40.7 Å². The molecule has 8 heteroatoms. The number of benzene rings is 1. The predicted octanol–water partition coefficient (Wildman–Crippen LogP) is 3.87. The summed E-state index contributed by atoms with van der Waals surface area (Å²) in [5.41, 5.74) is 1.59. The van der Waals surface area contributed by atoms with Crippen molar-refractivity contribution in [1.82, 2.24) is 20.5 Å². The summed E-state index contributed by atoms with van der Waals surface area (Å²) in [6.45, 7) is 10.5. The van der Waals surface area contributed by atoms with E-state index in [9.17, 15) is 4.79 Å². The summed E-state index contributed by atoms with van der Waals surface area (Å²) in [5, 5.41) is 9.38. The van der Waals surface area contributed by atoms with E-state index in [2.05, 4.69) is 40.0 Å². The smallest absolute Gasteiger partial charge is 0.407 e. The monoisotopic (exact) mass is 429 g/mol. The van der Waals surface area contributed by atoms with E-state index < -0.39 is 5.60 Å². The third-order valence-electron chi connectivity index (χ3n) is 4.51. The van der Waals surface area contributed by atoms with Crippen LogP contribution in [0.2, 0.25) is 0 Å². The number of alkyl carbamates (subject to hydrolysis) is 1. The zero-order valence-corrected chi connectivity index (χ0v) is 19.0. The van der Waals surface area contributed by atoms with Crippen LogP contribution in [0.5, 0.6) is 0 Å². The molecule has 0 saturated carbocycles. The van der Waals surface area contributed by atoms with E-state index >= 15 is 0 Å². The van der Waals surface area contributed by atoms with Gasteiger partial charge in [-0.25, -0.2) is 14.8 Å². The van der Waals surface area contributed by atoms with Crippen molar-refractivity contribution in [2.24, 2.45) is 4.99 Å². The van der Waals surface area contributed by atoms with Gasteiger partial charge in [-0.15, -0.1) is 11.3 Å². The molecule has 7 nitrogen and oxygen atoms in total. The van der Waals surface area contributed by atoms with Crippen LogP contribution in [-0.4, -0.2) is 53.2 Å². The highest BCUT2D eigenvalue weighted by Gasteiger charge is 2.27. The number of nitrogens with one attached hydrogen (secondary N) is 2. The Kier molecular flexibility index (Phi) is 7.31. The van der Waals surface area contributed by atoms with Gasteiger partial charge in [-0.05, 0) is 34.1 Å². The summed E-state index contributed by atoms with van der Waals surface area (Å²) in [6.07, 6.45) is 0.491. The van der Waals surface area contributed by atoms with E-state index in [-0.39, 0.29) is 12.1 Å². The lowest BCUT2D eigenvalue weighted by atomic mass is 10.2. The number of hydrogen-bond donors (Lipinski definition) is 2. The van der Waals surface area contributed by atoms with Gasteiger partial charge in [0.05, 0.1) is 18.3 Å². The Hall–Kier alpha value is -2.61. The molecule has 3 rings (SSSR count). The number of aliphatic imine (C=N–C) groups is 1. The first-order chi connectivity index (χ1) is 14.3. The normalized spacial score (nSPS) is 17.1. The number of hydrogen-bond acceptors (Lipinski definition) is 5. The molecule has 0 aliphatic carbocycles. The van der Waals surface area contributed by atoms with Gasteiger partial charge in [0.25, 0.3) is 0 Å². The molecule has 2 heterocycles. The van der Waals surface area contributed by atoms with Crippen molar-refractivity contribution in [3.8, 4) is 10.6 Å². The largest absolute Gasteiger partial charge is 0.444 e. The summed E-state index contributed by atoms with van der Waals surface area (Å²) in [4.78, 5) is 23.7. The number of carbonyl (C=O) groups is 1. The summed E-state index contributed by atoms with van der Waals surface area (Å²) in [7, 11) is 0. The van der Waals surface area contributed by atoms with Crippen molar-refractivity contribution in [1.29, 1.82) is 0 Å². The molecule has 1 atom stereocenters. The molecule has 1 saturated heterocycles. The minimum absolute atomic E-state index is 0.0488. The fraction of sp³-hybridized carbons (Fsp3) is 0.500. The highest BCUT2D eigenvalue weighted by Crippen LogP contribution is 2.23. The maximum atomic E-state index is 12.0. The van der Waals surface area contributed by atoms with Gasteiger partial charge >= 0.3 is 6.09 Å². The lowest BCUT2D eigenvalue weighted by molar-refractivity contribution is 0.0507. The molecule has 1 aromatic carbocycles. The molecule has 162 valence electrons. The maximum absolute atomic E-state index is 12.0. The summed E-state index contributed by atoms with van der Waals surface area (Å²) in [6, 6.07) is 10.2. The molecule has 0 radical (unpaired) electrons. The number of guanidine groups is 1. The summed E-state index contributed by atoms with van der Waals surface area (Å²) in [5.74, 6) is 0.847. The Bertz CT molecular complexity index is 860. The second-order valence-electron chi connectivity index (χ2n) is 8.26. The summed E-state index contributed by atoms with van der Waals surface area (Å²) < 4.78 is 5.37. The van der Waals surface area contributed by atoms with Gasteiger partial charge in [0.2, 0.25) is 0 Å². The molecule has 0 bridgehead atoms. The number of rotatable bonds is 5. The molecule has 2 aromatic rings. The highest BCUT2D eigenvalue weighted by molar-refractivity contribution is 7.13. The molecule has 30 heavy (non-hydrogen) atoms. The Labute approximate surface area is 182 Å². The van der Waals surface area contributed by atoms with Crippen LogP contribution < -0.4 is 10.6 Å². The molecular formula is C22H31N5O2S. The molecule has 2 N–H and O–H groups in total. The van der Waals surface area contributed by atoms with Crippen molar-refractivity contribution in [2.45, 2.75) is 52.3 Å². The average Bonchev–Trinajstić information content (AvgIpc) is 3.34. The number of thiazole rings is 1. The van der Waals surface area contributed by atoms with E-state index in [4.69, 9.17) is 14.7 Å².